The molecular formula is C53H90O6. The van der Waals surface area contributed by atoms with Gasteiger partial charge in [-0.3, -0.25) is 14.4 Å². The van der Waals surface area contributed by atoms with E-state index < -0.39 is 6.10 Å². The normalized spacial score (nSPS) is 12.7. The summed E-state index contributed by atoms with van der Waals surface area (Å²) < 4.78 is 16.7. The zero-order valence-electron chi connectivity index (χ0n) is 38.5. The van der Waals surface area contributed by atoms with Gasteiger partial charge in [-0.15, -0.1) is 0 Å². The maximum atomic E-state index is 12.8. The molecule has 0 aliphatic carbocycles. The lowest BCUT2D eigenvalue weighted by Crippen LogP contribution is -2.30. The summed E-state index contributed by atoms with van der Waals surface area (Å²) in [7, 11) is 0. The zero-order valence-corrected chi connectivity index (χ0v) is 38.5. The summed E-state index contributed by atoms with van der Waals surface area (Å²) in [4.78, 5) is 37.9. The summed E-state index contributed by atoms with van der Waals surface area (Å²) in [5.41, 5.74) is 0. The highest BCUT2D eigenvalue weighted by atomic mass is 16.6. The SMILES string of the molecule is CC\C=C/C=C\C=C/CCCCCCCCCC(=O)OCC(COC(=O)CCCC/C=C\C/C=C\C/C=C\CC)OC(=O)CCCCCCCCCCCCCCCC. The van der Waals surface area contributed by atoms with Crippen molar-refractivity contribution in [2.24, 2.45) is 0 Å². The molecule has 0 saturated carbocycles. The Morgan fingerprint density at radius 1 is 0.373 bits per heavy atom. The molecule has 0 amide bonds. The molecule has 1 unspecified atom stereocenters. The van der Waals surface area contributed by atoms with Gasteiger partial charge in [0.2, 0.25) is 0 Å². The van der Waals surface area contributed by atoms with E-state index in [0.29, 0.717) is 19.3 Å². The highest BCUT2D eigenvalue weighted by molar-refractivity contribution is 5.71. The Bertz CT molecular complexity index is 1130. The minimum Gasteiger partial charge on any atom is -0.462 e. The van der Waals surface area contributed by atoms with E-state index in [2.05, 4.69) is 93.7 Å². The number of hydrogen-bond acceptors (Lipinski definition) is 6. The molecule has 0 aromatic carbocycles. The molecule has 0 rings (SSSR count). The van der Waals surface area contributed by atoms with Crippen LogP contribution in [0.2, 0.25) is 0 Å². The molecule has 0 fully saturated rings. The van der Waals surface area contributed by atoms with Crippen molar-refractivity contribution in [2.75, 3.05) is 13.2 Å². The van der Waals surface area contributed by atoms with E-state index in [9.17, 15) is 14.4 Å². The number of rotatable bonds is 43. The number of carbonyl (C=O) groups excluding carboxylic acids is 3. The van der Waals surface area contributed by atoms with E-state index in [4.69, 9.17) is 14.2 Å². The van der Waals surface area contributed by atoms with Crippen LogP contribution in [0.5, 0.6) is 0 Å². The molecule has 0 aliphatic heterocycles. The Morgan fingerprint density at radius 3 is 1.25 bits per heavy atom. The third-order valence-corrected chi connectivity index (χ3v) is 10.3. The second-order valence-corrected chi connectivity index (χ2v) is 16.0. The van der Waals surface area contributed by atoms with E-state index in [1.807, 2.05) is 0 Å². The Labute approximate surface area is 363 Å². The van der Waals surface area contributed by atoms with Crippen LogP contribution in [0.4, 0.5) is 0 Å². The quantitative estimate of drug-likeness (QED) is 0.0200. The molecule has 0 heterocycles. The fraction of sp³-hybridized carbons (Fsp3) is 0.717. The molecule has 1 atom stereocenters. The fourth-order valence-corrected chi connectivity index (χ4v) is 6.63. The Hall–Kier alpha value is -3.15. The van der Waals surface area contributed by atoms with E-state index in [1.54, 1.807) is 0 Å². The smallest absolute Gasteiger partial charge is 0.306 e. The van der Waals surface area contributed by atoms with Gasteiger partial charge in [-0.1, -0.05) is 209 Å². The van der Waals surface area contributed by atoms with Crippen LogP contribution in [0.1, 0.15) is 226 Å². The van der Waals surface area contributed by atoms with Gasteiger partial charge in [-0.25, -0.2) is 0 Å². The molecular weight excluding hydrogens is 733 g/mol. The topological polar surface area (TPSA) is 78.9 Å². The highest BCUT2D eigenvalue weighted by Gasteiger charge is 2.19. The van der Waals surface area contributed by atoms with Gasteiger partial charge in [-0.2, -0.15) is 0 Å². The van der Waals surface area contributed by atoms with Gasteiger partial charge >= 0.3 is 17.9 Å². The molecule has 0 N–H and O–H groups in total. The summed E-state index contributed by atoms with van der Waals surface area (Å²) in [5.74, 6) is -0.944. The first-order valence-electron chi connectivity index (χ1n) is 24.5. The third kappa shape index (κ3) is 45.8. The first kappa shape index (κ1) is 55.9. The Morgan fingerprint density at radius 2 is 0.746 bits per heavy atom. The third-order valence-electron chi connectivity index (χ3n) is 10.3. The zero-order chi connectivity index (χ0) is 43.0. The molecule has 0 aromatic rings. The van der Waals surface area contributed by atoms with E-state index in [-0.39, 0.29) is 31.1 Å². The molecule has 0 radical (unpaired) electrons. The van der Waals surface area contributed by atoms with Gasteiger partial charge in [0.25, 0.3) is 0 Å². The van der Waals surface area contributed by atoms with Gasteiger partial charge in [0.15, 0.2) is 6.10 Å². The van der Waals surface area contributed by atoms with E-state index >= 15 is 0 Å². The standard InChI is InChI=1S/C53H90O6/c1-4-7-10-13-16-19-22-25-27-29-31-34-37-40-43-46-52(55)58-49-50(48-57-51(54)45-42-39-36-33-30-24-21-18-15-12-9-6-3)59-53(56)47-44-41-38-35-32-28-26-23-20-17-14-11-8-5-2/h7,9-10,12-13,16,18-19,21-22,30,33,50H,4-6,8,11,14-15,17,20,23-29,31-32,34-49H2,1-3H3/b10-7-,12-9-,16-13-,21-18-,22-19-,33-30-. The minimum absolute atomic E-state index is 0.0929. The number of unbranched alkanes of at least 4 members (excludes halogenated alkanes) is 22. The molecule has 0 aliphatic rings. The van der Waals surface area contributed by atoms with Crippen molar-refractivity contribution in [2.45, 2.75) is 232 Å². The van der Waals surface area contributed by atoms with Crippen molar-refractivity contribution < 1.29 is 28.6 Å². The molecule has 0 spiro atoms. The number of ether oxygens (including phenoxy) is 3. The summed E-state index contributed by atoms with van der Waals surface area (Å²) in [6, 6.07) is 0. The second-order valence-electron chi connectivity index (χ2n) is 16.0. The van der Waals surface area contributed by atoms with Gasteiger partial charge in [0, 0.05) is 19.3 Å². The lowest BCUT2D eigenvalue weighted by atomic mass is 10.0. The van der Waals surface area contributed by atoms with Crippen molar-refractivity contribution in [3.05, 3.63) is 72.9 Å². The summed E-state index contributed by atoms with van der Waals surface area (Å²) in [6.07, 6.45) is 58.9. The summed E-state index contributed by atoms with van der Waals surface area (Å²) in [6.45, 7) is 6.34. The minimum atomic E-state index is -0.792. The van der Waals surface area contributed by atoms with Gasteiger partial charge in [-0.05, 0) is 70.6 Å². The maximum absolute atomic E-state index is 12.8. The van der Waals surface area contributed by atoms with E-state index in [1.165, 1.54) is 96.3 Å². The van der Waals surface area contributed by atoms with Crippen LogP contribution in [-0.2, 0) is 28.6 Å². The average molecular weight is 823 g/mol. The van der Waals surface area contributed by atoms with Crippen molar-refractivity contribution in [3.63, 3.8) is 0 Å². The van der Waals surface area contributed by atoms with Crippen LogP contribution in [0, 0.1) is 0 Å². The van der Waals surface area contributed by atoms with Crippen LogP contribution in [0.3, 0.4) is 0 Å². The van der Waals surface area contributed by atoms with Crippen molar-refractivity contribution in [1.29, 1.82) is 0 Å². The lowest BCUT2D eigenvalue weighted by molar-refractivity contribution is -0.167. The van der Waals surface area contributed by atoms with Gasteiger partial charge in [0.05, 0.1) is 0 Å². The average Bonchev–Trinajstić information content (AvgIpc) is 3.23. The predicted molar refractivity (Wildman–Crippen MR) is 251 cm³/mol. The second kappa shape index (κ2) is 47.5. The number of esters is 3. The number of hydrogen-bond donors (Lipinski definition) is 0. The summed E-state index contributed by atoms with van der Waals surface area (Å²) in [5, 5.41) is 0. The van der Waals surface area contributed by atoms with Crippen LogP contribution in [0.15, 0.2) is 72.9 Å². The molecule has 59 heavy (non-hydrogen) atoms. The molecule has 6 nitrogen and oxygen atoms in total. The monoisotopic (exact) mass is 823 g/mol. The molecule has 0 aromatic heterocycles. The van der Waals surface area contributed by atoms with Gasteiger partial charge in [0.1, 0.15) is 13.2 Å². The van der Waals surface area contributed by atoms with Crippen LogP contribution < -0.4 is 0 Å². The van der Waals surface area contributed by atoms with Crippen molar-refractivity contribution in [3.8, 4) is 0 Å². The predicted octanol–water partition coefficient (Wildman–Crippen LogP) is 15.9. The largest absolute Gasteiger partial charge is 0.462 e. The number of allylic oxidation sites excluding steroid dienone is 12. The van der Waals surface area contributed by atoms with E-state index in [0.717, 1.165) is 89.9 Å². The molecule has 338 valence electrons. The first-order chi connectivity index (χ1) is 29.0. The fourth-order valence-electron chi connectivity index (χ4n) is 6.63. The van der Waals surface area contributed by atoms with Crippen LogP contribution in [0.25, 0.3) is 0 Å². The first-order valence-corrected chi connectivity index (χ1v) is 24.5. The highest BCUT2D eigenvalue weighted by Crippen LogP contribution is 2.15. The van der Waals surface area contributed by atoms with Crippen LogP contribution >= 0.6 is 0 Å². The molecule has 0 saturated heterocycles. The number of carbonyl (C=O) groups is 3. The maximum Gasteiger partial charge on any atom is 0.306 e. The van der Waals surface area contributed by atoms with Crippen LogP contribution in [-0.4, -0.2) is 37.2 Å². The Kier molecular flexibility index (Phi) is 45.0. The molecule has 6 heteroatoms. The van der Waals surface area contributed by atoms with Crippen molar-refractivity contribution >= 4 is 17.9 Å². The molecule has 0 bridgehead atoms. The summed E-state index contributed by atoms with van der Waals surface area (Å²) >= 11 is 0. The Balaban J connectivity index is 4.43. The lowest BCUT2D eigenvalue weighted by Gasteiger charge is -2.18. The van der Waals surface area contributed by atoms with Gasteiger partial charge < -0.3 is 14.2 Å². The van der Waals surface area contributed by atoms with Crippen molar-refractivity contribution in [1.82, 2.24) is 0 Å².